The van der Waals surface area contributed by atoms with Gasteiger partial charge in [-0.15, -0.1) is 0 Å². The second-order valence-electron chi connectivity index (χ2n) is 6.78. The normalized spacial score (nSPS) is 11.3. The Morgan fingerprint density at radius 2 is 1.89 bits per heavy atom. The molecule has 0 unspecified atom stereocenters. The zero-order valence-corrected chi connectivity index (χ0v) is 17.2. The fourth-order valence-corrected chi connectivity index (χ4v) is 3.14. The van der Waals surface area contributed by atoms with Gasteiger partial charge in [0.2, 0.25) is 5.91 Å². The molecule has 0 aliphatic carbocycles. The van der Waals surface area contributed by atoms with Gasteiger partial charge in [-0.05, 0) is 40.8 Å². The van der Waals surface area contributed by atoms with Gasteiger partial charge >= 0.3 is 0 Å². The SMILES string of the molecule is CC(C)c1ccc(/C=C/C(=O)Nc2ccn(Cc3ccc(Cl)cc3Cl)n2)cc1. The fourth-order valence-electron chi connectivity index (χ4n) is 2.67. The molecule has 0 aliphatic rings. The van der Waals surface area contributed by atoms with Crippen LogP contribution in [0, 0.1) is 0 Å². The van der Waals surface area contributed by atoms with Gasteiger partial charge in [0.05, 0.1) is 6.54 Å². The molecule has 2 aromatic carbocycles. The number of rotatable bonds is 6. The summed E-state index contributed by atoms with van der Waals surface area (Å²) in [4.78, 5) is 12.1. The predicted molar refractivity (Wildman–Crippen MR) is 116 cm³/mol. The highest BCUT2D eigenvalue weighted by molar-refractivity contribution is 6.35. The molecule has 0 saturated carbocycles. The first-order valence-corrected chi connectivity index (χ1v) is 9.73. The molecule has 28 heavy (non-hydrogen) atoms. The summed E-state index contributed by atoms with van der Waals surface area (Å²) < 4.78 is 1.71. The number of aromatic nitrogens is 2. The number of amides is 1. The molecule has 0 fully saturated rings. The van der Waals surface area contributed by atoms with E-state index in [-0.39, 0.29) is 5.91 Å². The summed E-state index contributed by atoms with van der Waals surface area (Å²) in [6, 6.07) is 15.2. The van der Waals surface area contributed by atoms with Gasteiger partial charge in [-0.2, -0.15) is 5.10 Å². The number of benzene rings is 2. The minimum absolute atomic E-state index is 0.234. The van der Waals surface area contributed by atoms with Gasteiger partial charge < -0.3 is 5.32 Å². The molecule has 0 bridgehead atoms. The number of hydrogen-bond acceptors (Lipinski definition) is 2. The van der Waals surface area contributed by atoms with Crippen LogP contribution in [0.4, 0.5) is 5.82 Å². The Hall–Kier alpha value is -2.56. The van der Waals surface area contributed by atoms with Crippen LogP contribution in [-0.4, -0.2) is 15.7 Å². The lowest BCUT2D eigenvalue weighted by Crippen LogP contribution is -2.09. The van der Waals surface area contributed by atoms with Crippen molar-refractivity contribution >= 4 is 41.0 Å². The van der Waals surface area contributed by atoms with Crippen molar-refractivity contribution in [2.45, 2.75) is 26.3 Å². The monoisotopic (exact) mass is 413 g/mol. The molecule has 3 rings (SSSR count). The molecule has 144 valence electrons. The Balaban J connectivity index is 1.59. The van der Waals surface area contributed by atoms with E-state index in [1.165, 1.54) is 11.6 Å². The number of halogens is 2. The van der Waals surface area contributed by atoms with E-state index in [9.17, 15) is 4.79 Å². The van der Waals surface area contributed by atoms with E-state index in [1.54, 1.807) is 35.2 Å². The van der Waals surface area contributed by atoms with E-state index in [0.29, 0.717) is 28.3 Å². The van der Waals surface area contributed by atoms with Gasteiger partial charge in [-0.1, -0.05) is 67.4 Å². The smallest absolute Gasteiger partial charge is 0.249 e. The third-order valence-electron chi connectivity index (χ3n) is 4.27. The van der Waals surface area contributed by atoms with Crippen molar-refractivity contribution in [1.82, 2.24) is 9.78 Å². The third-order valence-corrected chi connectivity index (χ3v) is 4.86. The summed E-state index contributed by atoms with van der Waals surface area (Å²) in [5.74, 6) is 0.733. The number of carbonyl (C=O) groups excluding carboxylic acids is 1. The molecule has 0 spiro atoms. The zero-order valence-electron chi connectivity index (χ0n) is 15.7. The summed E-state index contributed by atoms with van der Waals surface area (Å²) in [6.07, 6.45) is 5.07. The van der Waals surface area contributed by atoms with Crippen molar-refractivity contribution < 1.29 is 4.79 Å². The van der Waals surface area contributed by atoms with E-state index >= 15 is 0 Å². The highest BCUT2D eigenvalue weighted by Crippen LogP contribution is 2.22. The lowest BCUT2D eigenvalue weighted by Gasteiger charge is -2.05. The average Bonchev–Trinajstić information content (AvgIpc) is 3.09. The molecule has 1 N–H and O–H groups in total. The summed E-state index contributed by atoms with van der Waals surface area (Å²) in [5, 5.41) is 8.29. The highest BCUT2D eigenvalue weighted by atomic mass is 35.5. The van der Waals surface area contributed by atoms with Crippen LogP contribution in [0.1, 0.15) is 36.5 Å². The first-order valence-electron chi connectivity index (χ1n) is 8.97. The molecule has 1 heterocycles. The van der Waals surface area contributed by atoms with Crippen LogP contribution in [-0.2, 0) is 11.3 Å². The number of nitrogens with one attached hydrogen (secondary N) is 1. The van der Waals surface area contributed by atoms with E-state index < -0.39 is 0 Å². The Labute approximate surface area is 174 Å². The molecule has 6 heteroatoms. The van der Waals surface area contributed by atoms with Gasteiger partial charge in [0.15, 0.2) is 5.82 Å². The van der Waals surface area contributed by atoms with Crippen molar-refractivity contribution in [3.05, 3.63) is 87.5 Å². The number of hydrogen-bond donors (Lipinski definition) is 1. The maximum Gasteiger partial charge on any atom is 0.249 e. The van der Waals surface area contributed by atoms with Crippen LogP contribution in [0.15, 0.2) is 60.8 Å². The van der Waals surface area contributed by atoms with Crippen molar-refractivity contribution in [2.75, 3.05) is 5.32 Å². The molecule has 1 aromatic heterocycles. The molecule has 4 nitrogen and oxygen atoms in total. The van der Waals surface area contributed by atoms with Crippen LogP contribution in [0.3, 0.4) is 0 Å². The van der Waals surface area contributed by atoms with Crippen molar-refractivity contribution in [3.63, 3.8) is 0 Å². The first kappa shape index (κ1) is 20.2. The minimum Gasteiger partial charge on any atom is -0.306 e. The van der Waals surface area contributed by atoms with Gasteiger partial charge in [-0.25, -0.2) is 0 Å². The van der Waals surface area contributed by atoms with E-state index in [4.69, 9.17) is 23.2 Å². The van der Waals surface area contributed by atoms with Crippen LogP contribution in [0.2, 0.25) is 10.0 Å². The fraction of sp³-hybridized carbons (Fsp3) is 0.182. The molecular formula is C22H21Cl2N3O. The van der Waals surface area contributed by atoms with Crippen LogP contribution in [0.5, 0.6) is 0 Å². The Kier molecular flexibility index (Phi) is 6.55. The lowest BCUT2D eigenvalue weighted by atomic mass is 10.0. The zero-order chi connectivity index (χ0) is 20.1. The highest BCUT2D eigenvalue weighted by Gasteiger charge is 2.06. The summed E-state index contributed by atoms with van der Waals surface area (Å²) in [5.41, 5.74) is 3.15. The molecular weight excluding hydrogens is 393 g/mol. The molecule has 1 amide bonds. The molecule has 3 aromatic rings. The van der Waals surface area contributed by atoms with E-state index in [2.05, 4.69) is 36.4 Å². The Bertz CT molecular complexity index is 991. The third kappa shape index (κ3) is 5.47. The van der Waals surface area contributed by atoms with Crippen molar-refractivity contribution in [3.8, 4) is 0 Å². The molecule has 0 radical (unpaired) electrons. The van der Waals surface area contributed by atoms with Crippen molar-refractivity contribution in [2.24, 2.45) is 0 Å². The van der Waals surface area contributed by atoms with Gasteiger partial charge in [-0.3, -0.25) is 9.48 Å². The Morgan fingerprint density at radius 1 is 1.14 bits per heavy atom. The van der Waals surface area contributed by atoms with Crippen molar-refractivity contribution in [1.29, 1.82) is 0 Å². The predicted octanol–water partition coefficient (Wildman–Crippen LogP) is 6.01. The van der Waals surface area contributed by atoms with Crippen LogP contribution in [0.25, 0.3) is 6.08 Å². The second kappa shape index (κ2) is 9.09. The topological polar surface area (TPSA) is 46.9 Å². The molecule has 0 aliphatic heterocycles. The molecule has 0 atom stereocenters. The maximum absolute atomic E-state index is 12.1. The largest absolute Gasteiger partial charge is 0.306 e. The number of carbonyl (C=O) groups is 1. The number of nitrogens with zero attached hydrogens (tertiary/aromatic N) is 2. The average molecular weight is 414 g/mol. The second-order valence-corrected chi connectivity index (χ2v) is 7.62. The van der Waals surface area contributed by atoms with Crippen LogP contribution >= 0.6 is 23.2 Å². The lowest BCUT2D eigenvalue weighted by molar-refractivity contribution is -0.111. The quantitative estimate of drug-likeness (QED) is 0.502. The molecule has 0 saturated heterocycles. The van der Waals surface area contributed by atoms with Gasteiger partial charge in [0, 0.05) is 28.4 Å². The van der Waals surface area contributed by atoms with Gasteiger partial charge in [0.25, 0.3) is 0 Å². The van der Waals surface area contributed by atoms with Gasteiger partial charge in [0.1, 0.15) is 0 Å². The minimum atomic E-state index is -0.234. The first-order chi connectivity index (χ1) is 13.4. The summed E-state index contributed by atoms with van der Waals surface area (Å²) >= 11 is 12.1. The Morgan fingerprint density at radius 3 is 2.57 bits per heavy atom. The van der Waals surface area contributed by atoms with Crippen LogP contribution < -0.4 is 5.32 Å². The van der Waals surface area contributed by atoms with E-state index in [0.717, 1.165) is 11.1 Å². The standard InChI is InChI=1S/C22H21Cl2N3O/c1-15(2)17-6-3-16(4-7-17)5-10-22(28)25-21-11-12-27(26-21)14-18-8-9-19(23)13-20(18)24/h3-13,15H,14H2,1-2H3,(H,25,26,28)/b10-5+. The maximum atomic E-state index is 12.1. The summed E-state index contributed by atoms with van der Waals surface area (Å²) in [6.45, 7) is 4.79. The summed E-state index contributed by atoms with van der Waals surface area (Å²) in [7, 11) is 0. The van der Waals surface area contributed by atoms with E-state index in [1.807, 2.05) is 18.2 Å². The number of anilines is 1.